The number of hydrogen-bond acceptors (Lipinski definition) is 2. The molecule has 0 bridgehead atoms. The van der Waals surface area contributed by atoms with Gasteiger partial charge in [-0.3, -0.25) is 4.99 Å². The third-order valence-corrected chi connectivity index (χ3v) is 1.38. The van der Waals surface area contributed by atoms with Gasteiger partial charge in [-0.25, -0.2) is 0 Å². The molecule has 0 N–H and O–H groups in total. The molecular formula is C9H16N2. The average molecular weight is 152 g/mol. The molecule has 0 aromatic heterocycles. The first kappa shape index (κ1) is 9.95. The minimum Gasteiger partial charge on any atom is -0.354 e. The fourth-order valence-corrected chi connectivity index (χ4v) is 0.501. The molecule has 0 spiro atoms. The molecule has 2 heteroatoms. The van der Waals surface area contributed by atoms with Gasteiger partial charge in [-0.2, -0.15) is 0 Å². The molecule has 0 aliphatic heterocycles. The van der Waals surface area contributed by atoms with E-state index < -0.39 is 0 Å². The van der Waals surface area contributed by atoms with Crippen molar-refractivity contribution in [3.8, 4) is 0 Å². The number of hydrogen-bond donors (Lipinski definition) is 0. The summed E-state index contributed by atoms with van der Waals surface area (Å²) in [5.41, 5.74) is 1.09. The van der Waals surface area contributed by atoms with E-state index in [-0.39, 0.29) is 0 Å². The third kappa shape index (κ3) is 4.37. The highest BCUT2D eigenvalue weighted by Crippen LogP contribution is 1.98. The largest absolute Gasteiger partial charge is 0.354 e. The molecule has 0 heterocycles. The van der Waals surface area contributed by atoms with Crippen LogP contribution in [0.25, 0.3) is 0 Å². The standard InChI is InChI=1S/C9H16N2/c1-5-7-10-8-9(3)11(4)6-2/h6-8H,2,5H2,1,3-4H3. The maximum absolute atomic E-state index is 4.08. The summed E-state index contributed by atoms with van der Waals surface area (Å²) in [6.07, 6.45) is 6.43. The monoisotopic (exact) mass is 152 g/mol. The number of allylic oxidation sites excluding steroid dienone is 1. The van der Waals surface area contributed by atoms with Gasteiger partial charge in [-0.1, -0.05) is 13.5 Å². The summed E-state index contributed by atoms with van der Waals surface area (Å²) in [5.74, 6) is 0. The topological polar surface area (TPSA) is 15.6 Å². The summed E-state index contributed by atoms with van der Waals surface area (Å²) in [4.78, 5) is 6.01. The van der Waals surface area contributed by atoms with E-state index in [1.165, 1.54) is 0 Å². The lowest BCUT2D eigenvalue weighted by molar-refractivity contribution is 0.570. The molecule has 0 atom stereocenters. The van der Waals surface area contributed by atoms with Crippen LogP contribution in [0.2, 0.25) is 0 Å². The first-order valence-corrected chi connectivity index (χ1v) is 3.76. The van der Waals surface area contributed by atoms with Crippen molar-refractivity contribution in [1.82, 2.24) is 4.90 Å². The molecule has 2 nitrogen and oxygen atoms in total. The summed E-state index contributed by atoms with van der Waals surface area (Å²) < 4.78 is 0. The van der Waals surface area contributed by atoms with Crippen molar-refractivity contribution in [2.75, 3.05) is 7.05 Å². The number of aliphatic imine (C=N–C) groups is 1. The predicted molar refractivity (Wildman–Crippen MR) is 50.5 cm³/mol. The first-order valence-electron chi connectivity index (χ1n) is 3.76. The Morgan fingerprint density at radius 1 is 1.64 bits per heavy atom. The summed E-state index contributed by atoms with van der Waals surface area (Å²) in [5, 5.41) is 0. The van der Waals surface area contributed by atoms with Crippen molar-refractivity contribution in [3.05, 3.63) is 24.7 Å². The van der Waals surface area contributed by atoms with Crippen molar-refractivity contribution in [1.29, 1.82) is 0 Å². The van der Waals surface area contributed by atoms with Crippen LogP contribution in [0.4, 0.5) is 0 Å². The Morgan fingerprint density at radius 3 is 2.73 bits per heavy atom. The van der Waals surface area contributed by atoms with Crippen molar-refractivity contribution >= 4 is 6.21 Å². The molecule has 0 aromatic carbocycles. The van der Waals surface area contributed by atoms with Crippen LogP contribution in [-0.2, 0) is 0 Å². The zero-order valence-corrected chi connectivity index (χ0v) is 7.54. The molecule has 0 fully saturated rings. The highest BCUT2D eigenvalue weighted by atomic mass is 15.1. The van der Waals surface area contributed by atoms with E-state index in [9.17, 15) is 0 Å². The smallest absolute Gasteiger partial charge is 0.0455 e. The Balaban J connectivity index is 3.99. The van der Waals surface area contributed by atoms with Crippen molar-refractivity contribution in [3.63, 3.8) is 0 Å². The average Bonchev–Trinajstić information content (AvgIpc) is 2.03. The first-order chi connectivity index (χ1) is 5.22. The van der Waals surface area contributed by atoms with Crippen LogP contribution >= 0.6 is 0 Å². The minimum absolute atomic E-state index is 0.974. The molecule has 0 unspecified atom stereocenters. The van der Waals surface area contributed by atoms with Crippen LogP contribution in [0.15, 0.2) is 29.7 Å². The molecule has 0 saturated carbocycles. The van der Waals surface area contributed by atoms with Crippen LogP contribution in [0.5, 0.6) is 0 Å². The van der Waals surface area contributed by atoms with E-state index in [0.717, 1.165) is 12.1 Å². The van der Waals surface area contributed by atoms with Crippen molar-refractivity contribution < 1.29 is 0 Å². The summed E-state index contributed by atoms with van der Waals surface area (Å²) in [6.45, 7) is 7.70. The molecule has 0 aromatic rings. The van der Waals surface area contributed by atoms with E-state index in [0.29, 0.717) is 0 Å². The molecule has 11 heavy (non-hydrogen) atoms. The predicted octanol–water partition coefficient (Wildman–Crippen LogP) is 2.40. The molecule has 0 rings (SSSR count). The molecule has 0 saturated heterocycles. The quantitative estimate of drug-likeness (QED) is 0.565. The van der Waals surface area contributed by atoms with Crippen LogP contribution in [0.1, 0.15) is 20.3 Å². The normalized spacial score (nSPS) is 12.1. The van der Waals surface area contributed by atoms with E-state index in [4.69, 9.17) is 0 Å². The number of nitrogens with zero attached hydrogens (tertiary/aromatic N) is 2. The molecular weight excluding hydrogens is 136 g/mol. The second-order valence-electron chi connectivity index (χ2n) is 2.30. The van der Waals surface area contributed by atoms with Gasteiger partial charge >= 0.3 is 0 Å². The van der Waals surface area contributed by atoms with E-state index in [1.807, 2.05) is 31.3 Å². The maximum atomic E-state index is 4.08. The minimum atomic E-state index is 0.974. The van der Waals surface area contributed by atoms with Crippen LogP contribution < -0.4 is 0 Å². The van der Waals surface area contributed by atoms with Gasteiger partial charge in [0.05, 0.1) is 0 Å². The van der Waals surface area contributed by atoms with Crippen molar-refractivity contribution in [2.45, 2.75) is 20.3 Å². The van der Waals surface area contributed by atoms with Gasteiger partial charge in [0.25, 0.3) is 0 Å². The Bertz CT molecular complexity index is 168. The number of rotatable bonds is 4. The van der Waals surface area contributed by atoms with Gasteiger partial charge in [0.2, 0.25) is 0 Å². The lowest BCUT2D eigenvalue weighted by Gasteiger charge is -2.11. The highest BCUT2D eigenvalue weighted by molar-refractivity contribution is 5.57. The lowest BCUT2D eigenvalue weighted by Crippen LogP contribution is -2.05. The molecule has 0 aliphatic rings. The second kappa shape index (κ2) is 5.71. The van der Waals surface area contributed by atoms with Crippen LogP contribution in [0, 0.1) is 0 Å². The summed E-state index contributed by atoms with van der Waals surface area (Å²) in [7, 11) is 1.94. The van der Waals surface area contributed by atoms with Crippen LogP contribution in [0.3, 0.4) is 0 Å². The third-order valence-electron chi connectivity index (χ3n) is 1.38. The maximum Gasteiger partial charge on any atom is 0.0455 e. The lowest BCUT2D eigenvalue weighted by atomic mass is 10.5. The highest BCUT2D eigenvalue weighted by Gasteiger charge is 1.88. The SMILES string of the molecule is C=CN(C)C(C)=CN=CCC. The fraction of sp³-hybridized carbons (Fsp3) is 0.444. The second-order valence-corrected chi connectivity index (χ2v) is 2.30. The van der Waals surface area contributed by atoms with E-state index in [1.54, 1.807) is 6.20 Å². The molecule has 62 valence electrons. The molecule has 0 radical (unpaired) electrons. The van der Waals surface area contributed by atoms with Gasteiger partial charge in [-0.05, 0) is 19.5 Å². The Morgan fingerprint density at radius 2 is 2.27 bits per heavy atom. The Kier molecular flexibility index (Phi) is 5.17. The van der Waals surface area contributed by atoms with Gasteiger partial charge in [0.15, 0.2) is 0 Å². The molecule has 0 amide bonds. The zero-order valence-electron chi connectivity index (χ0n) is 7.54. The zero-order chi connectivity index (χ0) is 8.69. The molecule has 0 aliphatic carbocycles. The summed E-state index contributed by atoms with van der Waals surface area (Å²) >= 11 is 0. The summed E-state index contributed by atoms with van der Waals surface area (Å²) in [6, 6.07) is 0. The van der Waals surface area contributed by atoms with Crippen LogP contribution in [-0.4, -0.2) is 18.2 Å². The Labute approximate surface area is 68.9 Å². The van der Waals surface area contributed by atoms with Gasteiger partial charge in [-0.15, -0.1) is 0 Å². The fourth-order valence-electron chi connectivity index (χ4n) is 0.501. The van der Waals surface area contributed by atoms with Gasteiger partial charge < -0.3 is 4.90 Å². The van der Waals surface area contributed by atoms with E-state index in [2.05, 4.69) is 18.5 Å². The van der Waals surface area contributed by atoms with E-state index >= 15 is 0 Å². The van der Waals surface area contributed by atoms with Gasteiger partial charge in [0, 0.05) is 25.2 Å². The van der Waals surface area contributed by atoms with Gasteiger partial charge in [0.1, 0.15) is 0 Å². The Hall–Kier alpha value is -1.05. The van der Waals surface area contributed by atoms with Crippen molar-refractivity contribution in [2.24, 2.45) is 4.99 Å².